The Morgan fingerprint density at radius 3 is 3.00 bits per heavy atom. The van der Waals surface area contributed by atoms with Crippen molar-refractivity contribution >= 4 is 34.3 Å². The third-order valence-electron chi connectivity index (χ3n) is 3.07. The van der Waals surface area contributed by atoms with Gasteiger partial charge in [-0.15, -0.1) is 12.4 Å². The van der Waals surface area contributed by atoms with E-state index in [1.165, 1.54) is 7.11 Å². The molecule has 1 heterocycles. The molecule has 0 saturated carbocycles. The standard InChI is InChI=1S/C13H16BrNO3.ClH/c1-17-13(16)11(15)7-8-4-5-10(14)12-9(8)3-2-6-18-12;/h4-5,11H,2-3,6-7,15H2,1H3;1H/t11-;/m0./s1. The van der Waals surface area contributed by atoms with Crippen molar-refractivity contribution in [2.45, 2.75) is 25.3 Å². The van der Waals surface area contributed by atoms with E-state index in [-0.39, 0.29) is 18.4 Å². The van der Waals surface area contributed by atoms with Crippen LogP contribution in [-0.4, -0.2) is 25.7 Å². The van der Waals surface area contributed by atoms with Gasteiger partial charge in [0.25, 0.3) is 0 Å². The molecular weight excluding hydrogens is 334 g/mol. The summed E-state index contributed by atoms with van der Waals surface area (Å²) in [6, 6.07) is 3.30. The lowest BCUT2D eigenvalue weighted by molar-refractivity contribution is -0.142. The minimum absolute atomic E-state index is 0. The molecule has 0 saturated heterocycles. The summed E-state index contributed by atoms with van der Waals surface area (Å²) < 4.78 is 11.3. The smallest absolute Gasteiger partial charge is 0.322 e. The number of carbonyl (C=O) groups is 1. The Hall–Kier alpha value is -0.780. The molecule has 1 aliphatic rings. The predicted molar refractivity (Wildman–Crippen MR) is 78.9 cm³/mol. The van der Waals surface area contributed by atoms with E-state index in [0.29, 0.717) is 6.42 Å². The van der Waals surface area contributed by atoms with Gasteiger partial charge in [0.1, 0.15) is 11.8 Å². The zero-order valence-electron chi connectivity index (χ0n) is 10.6. The first-order valence-electron chi connectivity index (χ1n) is 5.90. The minimum atomic E-state index is -0.623. The lowest BCUT2D eigenvalue weighted by atomic mass is 9.95. The molecule has 2 N–H and O–H groups in total. The van der Waals surface area contributed by atoms with Crippen LogP contribution in [0.2, 0.25) is 0 Å². The summed E-state index contributed by atoms with van der Waals surface area (Å²) in [5.74, 6) is 0.499. The summed E-state index contributed by atoms with van der Waals surface area (Å²) in [6.07, 6.45) is 2.42. The van der Waals surface area contributed by atoms with Crippen LogP contribution in [0.15, 0.2) is 16.6 Å². The van der Waals surface area contributed by atoms with Gasteiger partial charge in [0, 0.05) is 0 Å². The average molecular weight is 351 g/mol. The maximum Gasteiger partial charge on any atom is 0.322 e. The van der Waals surface area contributed by atoms with E-state index >= 15 is 0 Å². The molecule has 0 fully saturated rings. The summed E-state index contributed by atoms with van der Waals surface area (Å²) in [7, 11) is 1.35. The van der Waals surface area contributed by atoms with Crippen molar-refractivity contribution in [3.63, 3.8) is 0 Å². The molecule has 0 spiro atoms. The second-order valence-corrected chi connectivity index (χ2v) is 5.15. The topological polar surface area (TPSA) is 61.5 Å². The number of nitrogens with two attached hydrogens (primary N) is 1. The van der Waals surface area contributed by atoms with Crippen molar-refractivity contribution in [2.75, 3.05) is 13.7 Å². The second kappa shape index (κ2) is 7.12. The van der Waals surface area contributed by atoms with E-state index in [4.69, 9.17) is 10.5 Å². The first kappa shape index (κ1) is 16.3. The van der Waals surface area contributed by atoms with Crippen LogP contribution in [0.4, 0.5) is 0 Å². The Morgan fingerprint density at radius 1 is 1.58 bits per heavy atom. The van der Waals surface area contributed by atoms with E-state index < -0.39 is 6.04 Å². The first-order valence-corrected chi connectivity index (χ1v) is 6.69. The third-order valence-corrected chi connectivity index (χ3v) is 3.70. The number of carbonyl (C=O) groups excluding carboxylic acids is 1. The Morgan fingerprint density at radius 2 is 2.32 bits per heavy atom. The second-order valence-electron chi connectivity index (χ2n) is 4.30. The fraction of sp³-hybridized carbons (Fsp3) is 0.462. The zero-order chi connectivity index (χ0) is 13.1. The number of ether oxygens (including phenoxy) is 2. The van der Waals surface area contributed by atoms with Crippen molar-refractivity contribution in [1.82, 2.24) is 0 Å². The number of benzene rings is 1. The zero-order valence-corrected chi connectivity index (χ0v) is 13.1. The van der Waals surface area contributed by atoms with Crippen molar-refractivity contribution in [2.24, 2.45) is 5.73 Å². The predicted octanol–water partition coefficient (Wildman–Crippen LogP) is 2.24. The van der Waals surface area contributed by atoms with Crippen LogP contribution < -0.4 is 10.5 Å². The average Bonchev–Trinajstić information content (AvgIpc) is 2.41. The van der Waals surface area contributed by atoms with Gasteiger partial charge in [-0.25, -0.2) is 0 Å². The van der Waals surface area contributed by atoms with Crippen molar-refractivity contribution in [3.05, 3.63) is 27.7 Å². The molecule has 2 rings (SSSR count). The number of hydrogen-bond donors (Lipinski definition) is 1. The normalized spacial score (nSPS) is 14.7. The van der Waals surface area contributed by atoms with Gasteiger partial charge in [0.15, 0.2) is 0 Å². The highest BCUT2D eigenvalue weighted by Gasteiger charge is 2.21. The van der Waals surface area contributed by atoms with Gasteiger partial charge in [-0.1, -0.05) is 6.07 Å². The Labute approximate surface area is 127 Å². The van der Waals surface area contributed by atoms with Crippen molar-refractivity contribution in [3.8, 4) is 5.75 Å². The highest BCUT2D eigenvalue weighted by molar-refractivity contribution is 9.10. The summed E-state index contributed by atoms with van der Waals surface area (Å²) in [5, 5.41) is 0. The summed E-state index contributed by atoms with van der Waals surface area (Å²) in [5.41, 5.74) is 8.01. The van der Waals surface area contributed by atoms with Crippen molar-refractivity contribution < 1.29 is 14.3 Å². The quantitative estimate of drug-likeness (QED) is 0.849. The van der Waals surface area contributed by atoms with E-state index in [0.717, 1.165) is 40.8 Å². The van der Waals surface area contributed by atoms with Crippen LogP contribution in [0, 0.1) is 0 Å². The largest absolute Gasteiger partial charge is 0.492 e. The molecule has 106 valence electrons. The number of rotatable bonds is 3. The maximum absolute atomic E-state index is 11.4. The molecule has 19 heavy (non-hydrogen) atoms. The molecule has 0 amide bonds. The van der Waals surface area contributed by atoms with Crippen LogP contribution in [0.5, 0.6) is 5.75 Å². The van der Waals surface area contributed by atoms with Crippen LogP contribution >= 0.6 is 28.3 Å². The summed E-state index contributed by atoms with van der Waals surface area (Å²) in [6.45, 7) is 0.734. The molecule has 1 aliphatic heterocycles. The Balaban J connectivity index is 0.00000180. The first-order chi connectivity index (χ1) is 8.63. The van der Waals surface area contributed by atoms with Gasteiger partial charge < -0.3 is 15.2 Å². The van der Waals surface area contributed by atoms with Crippen LogP contribution in [0.3, 0.4) is 0 Å². The van der Waals surface area contributed by atoms with Gasteiger partial charge >= 0.3 is 5.97 Å². The SMILES string of the molecule is COC(=O)[C@@H](N)Cc1ccc(Br)c2c1CCCO2.Cl. The molecule has 6 heteroatoms. The molecule has 0 aromatic heterocycles. The van der Waals surface area contributed by atoms with Crippen LogP contribution in [-0.2, 0) is 22.4 Å². The van der Waals surface area contributed by atoms with Gasteiger partial charge in [-0.3, -0.25) is 4.79 Å². The summed E-state index contributed by atoms with van der Waals surface area (Å²) >= 11 is 3.48. The van der Waals surface area contributed by atoms with E-state index in [1.54, 1.807) is 0 Å². The molecule has 0 radical (unpaired) electrons. The molecule has 0 unspecified atom stereocenters. The maximum atomic E-state index is 11.4. The molecular formula is C13H17BrClNO3. The highest BCUT2D eigenvalue weighted by atomic mass is 79.9. The van der Waals surface area contributed by atoms with Crippen molar-refractivity contribution in [1.29, 1.82) is 0 Å². The number of hydrogen-bond acceptors (Lipinski definition) is 4. The number of fused-ring (bicyclic) bond motifs is 1. The van der Waals surface area contributed by atoms with Gasteiger partial charge in [-0.2, -0.15) is 0 Å². The van der Waals surface area contributed by atoms with Gasteiger partial charge in [0.2, 0.25) is 0 Å². The molecule has 1 aromatic carbocycles. The third kappa shape index (κ3) is 3.61. The van der Waals surface area contributed by atoms with E-state index in [1.807, 2.05) is 12.1 Å². The molecule has 1 atom stereocenters. The van der Waals surface area contributed by atoms with Gasteiger partial charge in [0.05, 0.1) is 18.2 Å². The number of halogens is 2. The number of methoxy groups -OCH3 is 1. The molecule has 0 bridgehead atoms. The summed E-state index contributed by atoms with van der Waals surface area (Å²) in [4.78, 5) is 11.4. The van der Waals surface area contributed by atoms with Crippen LogP contribution in [0.1, 0.15) is 17.5 Å². The highest BCUT2D eigenvalue weighted by Crippen LogP contribution is 2.35. The lowest BCUT2D eigenvalue weighted by Gasteiger charge is -2.22. The van der Waals surface area contributed by atoms with E-state index in [9.17, 15) is 4.79 Å². The van der Waals surface area contributed by atoms with E-state index in [2.05, 4.69) is 20.7 Å². The Kier molecular flexibility index (Phi) is 6.10. The van der Waals surface area contributed by atoms with Gasteiger partial charge in [-0.05, 0) is 52.4 Å². The monoisotopic (exact) mass is 349 g/mol. The molecule has 4 nitrogen and oxygen atoms in total. The fourth-order valence-electron chi connectivity index (χ4n) is 2.16. The minimum Gasteiger partial charge on any atom is -0.492 e. The lowest BCUT2D eigenvalue weighted by Crippen LogP contribution is -2.34. The molecule has 0 aliphatic carbocycles. The van der Waals surface area contributed by atoms with Crippen LogP contribution in [0.25, 0.3) is 0 Å². The fourth-order valence-corrected chi connectivity index (χ4v) is 2.64. The number of esters is 1. The Bertz CT molecular complexity index is 467. The molecule has 1 aromatic rings.